The van der Waals surface area contributed by atoms with E-state index < -0.39 is 268 Å². The minimum absolute atomic E-state index is 0.0152. The number of ketones is 1. The van der Waals surface area contributed by atoms with Gasteiger partial charge in [-0.2, -0.15) is 8.42 Å². The Labute approximate surface area is 694 Å². The molecule has 120 heavy (non-hydrogen) atoms. The highest BCUT2D eigenvalue weighted by atomic mass is 32.2. The van der Waals surface area contributed by atoms with E-state index in [1.807, 2.05) is 0 Å². The number of para-hydroxylation sites is 1. The van der Waals surface area contributed by atoms with Crippen LogP contribution < -0.4 is 87.2 Å². The monoisotopic (exact) mass is 1710 g/mol. The first kappa shape index (κ1) is 100. The first-order valence-electron chi connectivity index (χ1n) is 38.7. The summed E-state index contributed by atoms with van der Waals surface area (Å²) >= 11 is 0. The minimum Gasteiger partial charge on any atom is -0.459 e. The van der Waals surface area contributed by atoms with Crippen LogP contribution in [-0.2, 0) is 103 Å². The third-order valence-corrected chi connectivity index (χ3v) is 20.2. The number of anilines is 1. The predicted octanol–water partition coefficient (Wildman–Crippen LogP) is -6.11. The van der Waals surface area contributed by atoms with Crippen LogP contribution in [0.3, 0.4) is 0 Å². The van der Waals surface area contributed by atoms with Gasteiger partial charge in [0, 0.05) is 57.7 Å². The summed E-state index contributed by atoms with van der Waals surface area (Å²) < 4.78 is 42.1. The van der Waals surface area contributed by atoms with Gasteiger partial charge in [-0.05, 0) is 93.7 Å². The average Bonchev–Trinajstić information content (AvgIpc) is 1.67. The summed E-state index contributed by atoms with van der Waals surface area (Å²) in [4.78, 5) is 260. The number of nitrogens with two attached hydrogens (primary N) is 5. The largest absolute Gasteiger partial charge is 0.459 e. The number of likely N-dealkylation sites (N-methyl/N-ethyl adjacent to an activating group) is 2. The summed E-state index contributed by atoms with van der Waals surface area (Å²) in [6, 6.07) is -8.79. The zero-order valence-corrected chi connectivity index (χ0v) is 70.3. The lowest BCUT2D eigenvalue weighted by Gasteiger charge is -2.37. The molecule has 4 rings (SSSR count). The molecule has 2 fully saturated rings. The number of benzene rings is 2. The van der Waals surface area contributed by atoms with Gasteiger partial charge in [0.25, 0.3) is 10.1 Å². The van der Waals surface area contributed by atoms with Crippen LogP contribution in [0.2, 0.25) is 0 Å². The average molecular weight is 1710 g/mol. The van der Waals surface area contributed by atoms with E-state index in [0.717, 1.165) is 27.9 Å². The number of hydrogen-bond donors (Lipinski definition) is 18. The first-order chi connectivity index (χ1) is 55.8. The highest BCUT2D eigenvalue weighted by molar-refractivity contribution is 7.85. The number of hydrogen-bond acceptors (Lipinski definition) is 24. The van der Waals surface area contributed by atoms with Crippen LogP contribution in [0.4, 0.5) is 5.69 Å². The molecule has 0 saturated carbocycles. The van der Waals surface area contributed by atoms with Gasteiger partial charge in [0.15, 0.2) is 11.7 Å². The zero-order valence-electron chi connectivity index (χ0n) is 69.5. The Bertz CT molecular complexity index is 4230. The highest BCUT2D eigenvalue weighted by Crippen LogP contribution is 2.27. The number of aliphatic hydroxyl groups is 1. The van der Waals surface area contributed by atoms with Crippen LogP contribution in [-0.4, -0.2) is 276 Å². The quantitative estimate of drug-likeness (QED) is 0.00441. The standard InChI is InChI=1S/C76H116N20O23S/c1-38(2)31-46-64(106)90-57(40(4)98)68(110)88-49(34-55(79)101)71(113)94(12)35-56(102)119-41(5)58(73(115)95(13)51(66(108)85-46)27-28-54(78)100)91-65(107)50(36-120(116,117)118)89-62(104)45(25-19-29-82-74(80)81)84-63(105)47(33-53(99)43-23-17-18-24-44(43)77)86-69(111)59(75(6,7)8)93-70(112)60(76(9,10)11)92-67(109)52-26-20-30-96(52)72(114)48(32-42-21-15-14-16-22-42)87-61(103)39(3)83-37-97/h14-18,21-24,37-41,45-52,57-60,98H,19-20,25-36,77H2,1-13H3,(H2,78,100)(H2,79,101)(H,83,97)(H,84,105)(H,85,108)(H,86,111)(H,87,103)(H,88,110)(H,89,104)(H,90,106)(H,91,107)(H,92,109)(H,93,112)(H4,80,81,82)(H,116,117,118). The third-order valence-electron chi connectivity index (χ3n) is 19.4. The summed E-state index contributed by atoms with van der Waals surface area (Å²) in [7, 11) is -3.54. The Balaban J connectivity index is 1.83. The third kappa shape index (κ3) is 31.4. The molecule has 15 atom stereocenters. The highest BCUT2D eigenvalue weighted by Gasteiger charge is 2.47. The Hall–Kier alpha value is -12.0. The van der Waals surface area contributed by atoms with Crippen molar-refractivity contribution in [2.45, 2.75) is 231 Å². The van der Waals surface area contributed by atoms with Crippen molar-refractivity contribution < 1.29 is 109 Å². The molecular weight excluding hydrogens is 1590 g/mol. The van der Waals surface area contributed by atoms with E-state index >= 15 is 19.2 Å². The molecule has 2 aromatic carbocycles. The molecule has 2 aromatic rings. The van der Waals surface area contributed by atoms with E-state index in [9.17, 15) is 85.2 Å². The molecule has 0 aliphatic carbocycles. The number of ether oxygens (including phenoxy) is 1. The van der Waals surface area contributed by atoms with Gasteiger partial charge < -0.3 is 112 Å². The first-order valence-corrected chi connectivity index (χ1v) is 40.3. The number of cyclic esters (lactones) is 1. The SMILES string of the molecule is CC(C)CC1NC(=O)C(CCC(N)=O)N(C)C(=O)C(NC(=O)C(CS(=O)(=O)O)NC(=O)C(CCCN=C(N)N)NC(=O)C(CC(=O)c2ccccc2N)NC(=O)C(NC(=O)C(NC(=O)C2CCCN2C(=O)C(Cc2ccccc2)NC(=O)C(C)NC=O)C(C)(C)C)C(C)(C)C)C(C)OC(=O)CN(C)C(=O)C(CC(N)=O)NC(=O)C(C(C)O)NC1=O. The molecular formula is C76H116N20O23S. The van der Waals surface area contributed by atoms with Crippen LogP contribution in [0.5, 0.6) is 0 Å². The fraction of sp³-hybridized carbons (Fsp3) is 0.592. The lowest BCUT2D eigenvalue weighted by Crippen LogP contribution is -2.64. The van der Waals surface area contributed by atoms with Crippen LogP contribution in [0.15, 0.2) is 59.6 Å². The second-order valence-corrected chi connectivity index (χ2v) is 33.6. The molecule has 44 heteroatoms. The summed E-state index contributed by atoms with van der Waals surface area (Å²) in [5.74, 6) is -22.2. The zero-order chi connectivity index (χ0) is 90.8. The van der Waals surface area contributed by atoms with Gasteiger partial charge in [0.05, 0.1) is 12.5 Å². The lowest BCUT2D eigenvalue weighted by atomic mass is 9.83. The van der Waals surface area contributed by atoms with Crippen LogP contribution in [0, 0.1) is 16.7 Å². The van der Waals surface area contributed by atoms with Gasteiger partial charge in [-0.3, -0.25) is 95.8 Å². The minimum atomic E-state index is -5.47. The van der Waals surface area contributed by atoms with Crippen molar-refractivity contribution >= 4 is 129 Å². The maximum atomic E-state index is 15.2. The maximum absolute atomic E-state index is 15.2. The van der Waals surface area contributed by atoms with E-state index in [4.69, 9.17) is 33.4 Å². The van der Waals surface area contributed by atoms with Crippen LogP contribution in [0.1, 0.15) is 150 Å². The number of Topliss-reactive ketones (excluding diaryl/α,β-unsaturated/α-hetero) is 1. The van der Waals surface area contributed by atoms with Crippen LogP contribution in [0.25, 0.3) is 0 Å². The number of rotatable bonds is 36. The van der Waals surface area contributed by atoms with Crippen molar-refractivity contribution in [2.24, 2.45) is 44.7 Å². The van der Waals surface area contributed by atoms with Gasteiger partial charge in [0.1, 0.15) is 96.9 Å². The van der Waals surface area contributed by atoms with Gasteiger partial charge in [-0.1, -0.05) is 97.9 Å². The molecule has 15 unspecified atom stereocenters. The Kier molecular flexibility index (Phi) is 37.9. The van der Waals surface area contributed by atoms with Gasteiger partial charge in [-0.25, -0.2) is 0 Å². The van der Waals surface area contributed by atoms with Gasteiger partial charge >= 0.3 is 5.97 Å². The molecule has 0 bridgehead atoms. The number of primary amides is 2. The number of carbonyl (C=O) groups excluding carboxylic acids is 18. The number of nitrogens with one attached hydrogen (secondary N) is 11. The number of nitrogen functional groups attached to an aromatic ring is 1. The molecule has 43 nitrogen and oxygen atoms in total. The van der Waals surface area contributed by atoms with Crippen molar-refractivity contribution in [1.29, 1.82) is 0 Å². The fourth-order valence-corrected chi connectivity index (χ4v) is 13.6. The Morgan fingerprint density at radius 1 is 0.683 bits per heavy atom. The molecule has 2 heterocycles. The van der Waals surface area contributed by atoms with Gasteiger partial charge in [-0.15, -0.1) is 0 Å². The van der Waals surface area contributed by atoms with E-state index in [1.54, 1.807) is 65.0 Å². The molecule has 16 amide bonds. The van der Waals surface area contributed by atoms with E-state index in [0.29, 0.717) is 28.2 Å². The molecule has 2 aliphatic rings. The number of nitrogens with zero attached hydrogens (tertiary/aromatic N) is 4. The normalized spacial score (nSPS) is 20.7. The van der Waals surface area contributed by atoms with E-state index in [2.05, 4.69) is 63.5 Å². The lowest BCUT2D eigenvalue weighted by molar-refractivity contribution is -0.158. The molecule has 23 N–H and O–H groups in total. The summed E-state index contributed by atoms with van der Waals surface area (Å²) in [6.45, 7) is 14.7. The number of aliphatic hydroxyl groups excluding tert-OH is 1. The number of guanidine groups is 1. The summed E-state index contributed by atoms with van der Waals surface area (Å²) in [5.41, 5.74) is 26.2. The van der Waals surface area contributed by atoms with Crippen molar-refractivity contribution in [1.82, 2.24) is 73.2 Å². The number of likely N-dealkylation sites (tertiary alicyclic amines) is 1. The van der Waals surface area contributed by atoms with Crippen molar-refractivity contribution in [3.8, 4) is 0 Å². The smallest absolute Gasteiger partial charge is 0.325 e. The number of esters is 1. The molecule has 0 aromatic heterocycles. The summed E-state index contributed by atoms with van der Waals surface area (Å²) in [6.07, 6.45) is -7.26. The number of amides is 16. The number of carbonyl (C=O) groups is 18. The van der Waals surface area contributed by atoms with Crippen LogP contribution >= 0.6 is 0 Å². The molecule has 2 aliphatic heterocycles. The fourth-order valence-electron chi connectivity index (χ4n) is 13.0. The number of aliphatic imine (C=N–C) groups is 1. The second-order valence-electron chi connectivity index (χ2n) is 32.2. The van der Waals surface area contributed by atoms with E-state index in [1.165, 1.54) is 56.9 Å². The Morgan fingerprint density at radius 3 is 1.82 bits per heavy atom. The molecule has 0 radical (unpaired) electrons. The van der Waals surface area contributed by atoms with E-state index in [-0.39, 0.29) is 50.0 Å². The molecule has 2 saturated heterocycles. The van der Waals surface area contributed by atoms with Crippen molar-refractivity contribution in [2.75, 3.05) is 45.2 Å². The van der Waals surface area contributed by atoms with Crippen molar-refractivity contribution in [3.05, 3.63) is 65.7 Å². The Morgan fingerprint density at radius 2 is 1.25 bits per heavy atom. The molecule has 664 valence electrons. The molecule has 0 spiro atoms. The second kappa shape index (κ2) is 45.3. The van der Waals surface area contributed by atoms with Gasteiger partial charge in [0.2, 0.25) is 95.0 Å². The summed E-state index contributed by atoms with van der Waals surface area (Å²) in [5, 5.41) is 37.3. The predicted molar refractivity (Wildman–Crippen MR) is 431 cm³/mol. The van der Waals surface area contributed by atoms with Crippen molar-refractivity contribution in [3.63, 3.8) is 0 Å². The topological polar surface area (TPSA) is 676 Å². The maximum Gasteiger partial charge on any atom is 0.325 e.